The normalized spacial score (nSPS) is 26.4. The van der Waals surface area contributed by atoms with Crippen LogP contribution in [0.3, 0.4) is 0 Å². The van der Waals surface area contributed by atoms with Gasteiger partial charge in [-0.3, -0.25) is 4.79 Å². The van der Waals surface area contributed by atoms with E-state index >= 15 is 0 Å². The minimum absolute atomic E-state index is 0.0317. The quantitative estimate of drug-likeness (QED) is 0.899. The van der Waals surface area contributed by atoms with Crippen LogP contribution in [0.1, 0.15) is 56.6 Å². The molecule has 136 valence electrons. The molecule has 5 nitrogen and oxygen atoms in total. The first-order valence-electron chi connectivity index (χ1n) is 9.44. The van der Waals surface area contributed by atoms with Crippen LogP contribution in [-0.2, 0) is 27.7 Å². The van der Waals surface area contributed by atoms with Crippen LogP contribution < -0.4 is 9.62 Å². The molecular weight excluding hydrogens is 336 g/mol. The summed E-state index contributed by atoms with van der Waals surface area (Å²) >= 11 is 0. The molecule has 0 aromatic heterocycles. The Morgan fingerprint density at radius 3 is 2.52 bits per heavy atom. The molecule has 1 aromatic rings. The van der Waals surface area contributed by atoms with Crippen molar-refractivity contribution in [1.29, 1.82) is 0 Å². The monoisotopic (exact) mass is 362 g/mol. The molecule has 2 aliphatic heterocycles. The predicted molar refractivity (Wildman–Crippen MR) is 97.2 cm³/mol. The molecule has 25 heavy (non-hydrogen) atoms. The van der Waals surface area contributed by atoms with Crippen molar-refractivity contribution in [3.63, 3.8) is 0 Å². The van der Waals surface area contributed by atoms with Gasteiger partial charge in [0.15, 0.2) is 0 Å². The number of hydrogen-bond acceptors (Lipinski definition) is 3. The van der Waals surface area contributed by atoms with Crippen LogP contribution in [0.2, 0.25) is 0 Å². The lowest BCUT2D eigenvalue weighted by Crippen LogP contribution is -2.42. The van der Waals surface area contributed by atoms with E-state index in [1.165, 1.54) is 6.42 Å². The highest BCUT2D eigenvalue weighted by Gasteiger charge is 2.32. The van der Waals surface area contributed by atoms with E-state index in [-0.39, 0.29) is 11.9 Å². The fourth-order valence-electron chi connectivity index (χ4n) is 4.54. The van der Waals surface area contributed by atoms with Crippen molar-refractivity contribution < 1.29 is 13.2 Å². The van der Waals surface area contributed by atoms with E-state index in [1.807, 2.05) is 4.90 Å². The van der Waals surface area contributed by atoms with Gasteiger partial charge in [-0.2, -0.15) is 0 Å². The Hall–Kier alpha value is -1.40. The zero-order valence-electron chi connectivity index (χ0n) is 14.8. The van der Waals surface area contributed by atoms with Gasteiger partial charge in [0, 0.05) is 19.0 Å². The van der Waals surface area contributed by atoms with E-state index < -0.39 is 10.0 Å². The second-order valence-electron chi connectivity index (χ2n) is 7.73. The van der Waals surface area contributed by atoms with Gasteiger partial charge in [0.05, 0.1) is 10.6 Å². The zero-order valence-corrected chi connectivity index (χ0v) is 15.6. The van der Waals surface area contributed by atoms with E-state index in [9.17, 15) is 13.2 Å². The molecule has 0 spiro atoms. The highest BCUT2D eigenvalue weighted by molar-refractivity contribution is 7.89. The van der Waals surface area contributed by atoms with Gasteiger partial charge >= 0.3 is 0 Å². The Morgan fingerprint density at radius 1 is 1.04 bits per heavy atom. The number of carbonyl (C=O) groups excluding carboxylic acids is 1. The van der Waals surface area contributed by atoms with Crippen molar-refractivity contribution in [1.82, 2.24) is 4.72 Å². The molecule has 0 unspecified atom stereocenters. The standard InChI is InChI=1S/C19H26N2O3S/c1-13-5-2-3-7-17(13)20-25(23,24)16-11-14-6-4-10-21-18(22)9-8-15(12-16)19(14)21/h11-13,17,20H,2-10H2,1H3/t13-,17+/m1/s1. The Balaban J connectivity index is 1.68. The number of amides is 1. The van der Waals surface area contributed by atoms with Crippen LogP contribution in [0.4, 0.5) is 5.69 Å². The first kappa shape index (κ1) is 17.0. The Kier molecular flexibility index (Phi) is 4.36. The Morgan fingerprint density at radius 2 is 1.76 bits per heavy atom. The maximum atomic E-state index is 13.0. The predicted octanol–water partition coefficient (Wildman–Crippen LogP) is 2.77. The fourth-order valence-corrected chi connectivity index (χ4v) is 6.01. The summed E-state index contributed by atoms with van der Waals surface area (Å²) in [6.07, 6.45) is 7.13. The van der Waals surface area contributed by atoms with Crippen LogP contribution in [-0.4, -0.2) is 26.9 Å². The molecule has 4 rings (SSSR count). The minimum atomic E-state index is -3.52. The molecule has 2 heterocycles. The number of nitrogens with one attached hydrogen (secondary N) is 1. The molecule has 0 radical (unpaired) electrons. The lowest BCUT2D eigenvalue weighted by atomic mass is 9.87. The third kappa shape index (κ3) is 3.10. The summed E-state index contributed by atoms with van der Waals surface area (Å²) in [6, 6.07) is 3.61. The number of hydrogen-bond donors (Lipinski definition) is 1. The van der Waals surface area contributed by atoms with Gasteiger partial charge < -0.3 is 4.90 Å². The van der Waals surface area contributed by atoms with Gasteiger partial charge in [-0.25, -0.2) is 13.1 Å². The number of sulfonamides is 1. The van der Waals surface area contributed by atoms with Gasteiger partial charge in [0.25, 0.3) is 0 Å². The number of aryl methyl sites for hydroxylation is 2. The molecule has 1 saturated carbocycles. The minimum Gasteiger partial charge on any atom is -0.312 e. The van der Waals surface area contributed by atoms with Gasteiger partial charge in [-0.1, -0.05) is 19.8 Å². The molecule has 0 saturated heterocycles. The number of carbonyl (C=O) groups is 1. The van der Waals surface area contributed by atoms with Crippen molar-refractivity contribution in [3.05, 3.63) is 23.3 Å². The molecular formula is C19H26N2O3S. The van der Waals surface area contributed by atoms with E-state index in [0.29, 0.717) is 23.7 Å². The first-order valence-corrected chi connectivity index (χ1v) is 10.9. The topological polar surface area (TPSA) is 66.5 Å². The van der Waals surface area contributed by atoms with E-state index in [2.05, 4.69) is 11.6 Å². The highest BCUT2D eigenvalue weighted by atomic mass is 32.2. The second-order valence-corrected chi connectivity index (χ2v) is 9.44. The first-order chi connectivity index (χ1) is 12.0. The maximum Gasteiger partial charge on any atom is 0.240 e. The third-order valence-electron chi connectivity index (χ3n) is 5.98. The van der Waals surface area contributed by atoms with Crippen LogP contribution in [0.15, 0.2) is 17.0 Å². The average Bonchev–Trinajstić information content (AvgIpc) is 2.60. The van der Waals surface area contributed by atoms with Crippen LogP contribution in [0.25, 0.3) is 0 Å². The van der Waals surface area contributed by atoms with Gasteiger partial charge in [-0.05, 0) is 61.3 Å². The maximum absolute atomic E-state index is 13.0. The fraction of sp³-hybridized carbons (Fsp3) is 0.632. The van der Waals surface area contributed by atoms with Crippen LogP contribution >= 0.6 is 0 Å². The van der Waals surface area contributed by atoms with Gasteiger partial charge in [0.2, 0.25) is 15.9 Å². The molecule has 6 heteroatoms. The number of anilines is 1. The second kappa shape index (κ2) is 6.40. The highest BCUT2D eigenvalue weighted by Crippen LogP contribution is 2.37. The Bertz CT molecular complexity index is 786. The van der Waals surface area contributed by atoms with Crippen LogP contribution in [0.5, 0.6) is 0 Å². The summed E-state index contributed by atoms with van der Waals surface area (Å²) in [4.78, 5) is 14.4. The summed E-state index contributed by atoms with van der Waals surface area (Å²) in [5.41, 5.74) is 3.00. The zero-order chi connectivity index (χ0) is 17.6. The summed E-state index contributed by atoms with van der Waals surface area (Å²) in [5, 5.41) is 0. The summed E-state index contributed by atoms with van der Waals surface area (Å²) in [5.74, 6) is 0.547. The van der Waals surface area contributed by atoms with Crippen molar-refractivity contribution in [2.75, 3.05) is 11.4 Å². The van der Waals surface area contributed by atoms with Gasteiger partial charge in [0.1, 0.15) is 0 Å². The van der Waals surface area contributed by atoms with E-state index in [4.69, 9.17) is 0 Å². The molecule has 1 N–H and O–H groups in total. The Labute approximate surface area is 149 Å². The third-order valence-corrected chi connectivity index (χ3v) is 7.45. The lowest BCUT2D eigenvalue weighted by Gasteiger charge is -2.35. The molecule has 1 amide bonds. The molecule has 1 fully saturated rings. The van der Waals surface area contributed by atoms with Crippen LogP contribution in [0, 0.1) is 5.92 Å². The smallest absolute Gasteiger partial charge is 0.240 e. The largest absolute Gasteiger partial charge is 0.312 e. The van der Waals surface area contributed by atoms with E-state index in [1.54, 1.807) is 12.1 Å². The molecule has 0 bridgehead atoms. The number of rotatable bonds is 3. The van der Waals surface area contributed by atoms with Crippen molar-refractivity contribution in [2.24, 2.45) is 5.92 Å². The van der Waals surface area contributed by atoms with Crippen molar-refractivity contribution >= 4 is 21.6 Å². The molecule has 3 aliphatic rings. The molecule has 1 aromatic carbocycles. The number of nitrogens with zero attached hydrogens (tertiary/aromatic N) is 1. The lowest BCUT2D eigenvalue weighted by molar-refractivity contribution is -0.119. The van der Waals surface area contributed by atoms with Crippen molar-refractivity contribution in [3.8, 4) is 0 Å². The summed E-state index contributed by atoms with van der Waals surface area (Å²) < 4.78 is 28.9. The summed E-state index contributed by atoms with van der Waals surface area (Å²) in [7, 11) is -3.52. The van der Waals surface area contributed by atoms with Crippen molar-refractivity contribution in [2.45, 2.75) is 69.2 Å². The summed E-state index contributed by atoms with van der Waals surface area (Å²) in [6.45, 7) is 2.88. The molecule has 1 aliphatic carbocycles. The SMILES string of the molecule is C[C@@H]1CCCC[C@@H]1NS(=O)(=O)c1cc2c3c(c1)CCC(=O)N3CCC2. The van der Waals surface area contributed by atoms with E-state index in [0.717, 1.165) is 55.5 Å². The number of benzene rings is 1. The van der Waals surface area contributed by atoms with Gasteiger partial charge in [-0.15, -0.1) is 0 Å². The molecule has 2 atom stereocenters. The average molecular weight is 362 g/mol.